The Hall–Kier alpha value is -2.95. The maximum atomic E-state index is 15.2. The SMILES string of the molecule is COC1(C)CNCCN(c2cc(F)c3c(c2)OCC(NC(=O)c2sc4nc(C)ccc4c2N)C3)C1. The summed E-state index contributed by atoms with van der Waals surface area (Å²) in [4.78, 5) is 20.7. The quantitative estimate of drug-likeness (QED) is 0.507. The number of aromatic nitrogens is 1. The molecule has 0 saturated carbocycles. The Labute approximate surface area is 207 Å². The summed E-state index contributed by atoms with van der Waals surface area (Å²) in [7, 11) is 1.69. The Balaban J connectivity index is 1.32. The number of hydrogen-bond acceptors (Lipinski definition) is 8. The van der Waals surface area contributed by atoms with Gasteiger partial charge >= 0.3 is 0 Å². The number of fused-ring (bicyclic) bond motifs is 2. The van der Waals surface area contributed by atoms with Gasteiger partial charge in [0.1, 0.15) is 27.9 Å². The number of nitrogens with one attached hydrogen (secondary N) is 2. The molecule has 1 amide bonds. The van der Waals surface area contributed by atoms with Gasteiger partial charge in [-0.25, -0.2) is 9.37 Å². The number of ether oxygens (including phenoxy) is 2. The minimum absolute atomic E-state index is 0.251. The molecule has 2 aliphatic rings. The molecule has 1 aromatic carbocycles. The molecule has 8 nitrogen and oxygen atoms in total. The zero-order valence-corrected chi connectivity index (χ0v) is 20.9. The van der Waals surface area contributed by atoms with Gasteiger partial charge in [-0.3, -0.25) is 4.79 Å². The minimum atomic E-state index is -0.373. The first-order chi connectivity index (χ1) is 16.8. The van der Waals surface area contributed by atoms with E-state index in [-0.39, 0.29) is 30.0 Å². The summed E-state index contributed by atoms with van der Waals surface area (Å²) in [5, 5.41) is 7.10. The van der Waals surface area contributed by atoms with Crippen LogP contribution in [0.5, 0.6) is 5.75 Å². The number of rotatable bonds is 4. The van der Waals surface area contributed by atoms with Crippen LogP contribution >= 0.6 is 11.3 Å². The molecule has 1 saturated heterocycles. The summed E-state index contributed by atoms with van der Waals surface area (Å²) in [6.07, 6.45) is 0.340. The molecule has 0 spiro atoms. The van der Waals surface area contributed by atoms with Gasteiger partial charge in [0.15, 0.2) is 0 Å². The van der Waals surface area contributed by atoms with Crippen LogP contribution in [0.3, 0.4) is 0 Å². The first-order valence-electron chi connectivity index (χ1n) is 11.7. The summed E-state index contributed by atoms with van der Waals surface area (Å²) in [6.45, 7) is 7.07. The van der Waals surface area contributed by atoms with E-state index in [1.807, 2.05) is 32.0 Å². The number of halogens is 1. The highest BCUT2D eigenvalue weighted by Gasteiger charge is 2.31. The highest BCUT2D eigenvalue weighted by Crippen LogP contribution is 2.35. The fourth-order valence-corrected chi connectivity index (χ4v) is 5.71. The number of hydrogen-bond donors (Lipinski definition) is 3. The van der Waals surface area contributed by atoms with Crippen molar-refractivity contribution in [3.05, 3.63) is 46.2 Å². The fraction of sp³-hybridized carbons (Fsp3) is 0.440. The van der Waals surface area contributed by atoms with Gasteiger partial charge in [0.25, 0.3) is 5.91 Å². The molecule has 0 aliphatic carbocycles. The third kappa shape index (κ3) is 4.65. The van der Waals surface area contributed by atoms with Crippen molar-refractivity contribution >= 4 is 38.8 Å². The highest BCUT2D eigenvalue weighted by molar-refractivity contribution is 7.21. The van der Waals surface area contributed by atoms with Gasteiger partial charge in [0, 0.05) is 68.1 Å². The molecule has 2 aliphatic heterocycles. The molecule has 10 heteroatoms. The van der Waals surface area contributed by atoms with Gasteiger partial charge in [-0.15, -0.1) is 11.3 Å². The second-order valence-corrected chi connectivity index (χ2v) is 10.5. The Morgan fingerprint density at radius 1 is 1.43 bits per heavy atom. The summed E-state index contributed by atoms with van der Waals surface area (Å²) in [5.41, 5.74) is 8.36. The van der Waals surface area contributed by atoms with Crippen molar-refractivity contribution < 1.29 is 18.7 Å². The number of carbonyl (C=O) groups excluding carboxylic acids is 1. The summed E-state index contributed by atoms with van der Waals surface area (Å²) < 4.78 is 26.9. The number of carbonyl (C=O) groups is 1. The van der Waals surface area contributed by atoms with E-state index in [2.05, 4.69) is 20.5 Å². The highest BCUT2D eigenvalue weighted by atomic mass is 32.1. The van der Waals surface area contributed by atoms with Crippen LogP contribution in [0.2, 0.25) is 0 Å². The fourth-order valence-electron chi connectivity index (χ4n) is 4.67. The van der Waals surface area contributed by atoms with Crippen molar-refractivity contribution in [2.45, 2.75) is 31.9 Å². The molecular formula is C25H30FN5O3S. The minimum Gasteiger partial charge on any atom is -0.491 e. The van der Waals surface area contributed by atoms with Gasteiger partial charge in [0.05, 0.1) is 17.3 Å². The van der Waals surface area contributed by atoms with E-state index >= 15 is 4.39 Å². The maximum absolute atomic E-state index is 15.2. The average molecular weight is 500 g/mol. The number of nitrogen functional groups attached to an aromatic ring is 1. The third-order valence-electron chi connectivity index (χ3n) is 6.75. The topological polar surface area (TPSA) is 102 Å². The van der Waals surface area contributed by atoms with Crippen LogP contribution in [-0.4, -0.2) is 62.4 Å². The van der Waals surface area contributed by atoms with E-state index in [1.54, 1.807) is 13.2 Å². The normalized spacial score (nSPS) is 22.4. The number of anilines is 2. The number of nitrogens with two attached hydrogens (primary N) is 1. The van der Waals surface area contributed by atoms with Crippen LogP contribution in [0.4, 0.5) is 15.8 Å². The lowest BCUT2D eigenvalue weighted by Gasteiger charge is -2.33. The first-order valence-corrected chi connectivity index (χ1v) is 12.5. The number of methoxy groups -OCH3 is 1. The largest absolute Gasteiger partial charge is 0.491 e. The lowest BCUT2D eigenvalue weighted by atomic mass is 10.0. The Morgan fingerprint density at radius 3 is 3.06 bits per heavy atom. The van der Waals surface area contributed by atoms with Crippen LogP contribution in [0, 0.1) is 12.7 Å². The molecule has 0 bridgehead atoms. The predicted octanol–water partition coefficient (Wildman–Crippen LogP) is 2.87. The molecule has 4 heterocycles. The number of thiophene rings is 1. The molecule has 1 fully saturated rings. The van der Waals surface area contributed by atoms with E-state index in [0.717, 1.165) is 41.2 Å². The van der Waals surface area contributed by atoms with Crippen LogP contribution in [0.1, 0.15) is 27.9 Å². The predicted molar refractivity (Wildman–Crippen MR) is 136 cm³/mol. The van der Waals surface area contributed by atoms with Crippen molar-refractivity contribution in [1.29, 1.82) is 0 Å². The van der Waals surface area contributed by atoms with Crippen LogP contribution in [0.15, 0.2) is 24.3 Å². The van der Waals surface area contributed by atoms with E-state index < -0.39 is 0 Å². The number of pyridine rings is 1. The molecular weight excluding hydrogens is 469 g/mol. The number of nitrogens with zero attached hydrogens (tertiary/aromatic N) is 2. The molecule has 2 aromatic heterocycles. The van der Waals surface area contributed by atoms with Crippen molar-refractivity contribution in [2.24, 2.45) is 0 Å². The lowest BCUT2D eigenvalue weighted by Crippen LogP contribution is -2.45. The average Bonchev–Trinajstić information content (AvgIpc) is 3.02. The van der Waals surface area contributed by atoms with Gasteiger partial charge in [0.2, 0.25) is 0 Å². The zero-order chi connectivity index (χ0) is 24.7. The van der Waals surface area contributed by atoms with Crippen LogP contribution in [0.25, 0.3) is 10.2 Å². The maximum Gasteiger partial charge on any atom is 0.263 e. The zero-order valence-electron chi connectivity index (χ0n) is 20.1. The molecule has 35 heavy (non-hydrogen) atoms. The summed E-state index contributed by atoms with van der Waals surface area (Å²) in [6, 6.07) is 6.81. The van der Waals surface area contributed by atoms with Crippen molar-refractivity contribution in [3.8, 4) is 5.75 Å². The molecule has 2 unspecified atom stereocenters. The second-order valence-electron chi connectivity index (χ2n) is 9.49. The molecule has 0 radical (unpaired) electrons. The molecule has 3 aromatic rings. The van der Waals surface area contributed by atoms with E-state index in [0.29, 0.717) is 34.8 Å². The standard InChI is InChI=1S/C25H30FN5O3S/c1-14-4-5-17-21(27)22(35-24(17)29-14)23(32)30-15-8-18-19(26)9-16(10-20(18)34-11-15)31-7-6-28-12-25(2,13-31)33-3/h4-5,9-10,15,28H,6-8,11-13,27H2,1-3H3,(H,30,32). The molecule has 2 atom stereocenters. The first kappa shape index (κ1) is 23.8. The Bertz CT molecular complexity index is 1280. The van der Waals surface area contributed by atoms with Gasteiger partial charge < -0.3 is 30.7 Å². The number of aryl methyl sites for hydroxylation is 1. The van der Waals surface area contributed by atoms with Gasteiger partial charge in [-0.1, -0.05) is 0 Å². The smallest absolute Gasteiger partial charge is 0.263 e. The number of amides is 1. The molecule has 4 N–H and O–H groups in total. The lowest BCUT2D eigenvalue weighted by molar-refractivity contribution is 0.0177. The van der Waals surface area contributed by atoms with Crippen LogP contribution < -0.4 is 26.0 Å². The third-order valence-corrected chi connectivity index (χ3v) is 7.86. The van der Waals surface area contributed by atoms with E-state index in [4.69, 9.17) is 15.2 Å². The van der Waals surface area contributed by atoms with Crippen molar-refractivity contribution in [1.82, 2.24) is 15.6 Å². The van der Waals surface area contributed by atoms with Crippen LogP contribution in [-0.2, 0) is 11.2 Å². The summed E-state index contributed by atoms with van der Waals surface area (Å²) in [5.74, 6) is -0.121. The van der Waals surface area contributed by atoms with E-state index in [1.165, 1.54) is 11.3 Å². The van der Waals surface area contributed by atoms with Gasteiger partial charge in [-0.2, -0.15) is 0 Å². The Kier molecular flexibility index (Phi) is 6.29. The molecule has 5 rings (SSSR count). The van der Waals surface area contributed by atoms with E-state index in [9.17, 15) is 4.79 Å². The molecule has 186 valence electrons. The summed E-state index contributed by atoms with van der Waals surface area (Å²) >= 11 is 1.26. The van der Waals surface area contributed by atoms with Crippen molar-refractivity contribution in [3.63, 3.8) is 0 Å². The second kappa shape index (κ2) is 9.25. The Morgan fingerprint density at radius 2 is 2.26 bits per heavy atom. The number of benzene rings is 1. The monoisotopic (exact) mass is 499 g/mol. The van der Waals surface area contributed by atoms with Crippen molar-refractivity contribution in [2.75, 3.05) is 50.5 Å². The van der Waals surface area contributed by atoms with Gasteiger partial charge in [-0.05, 0) is 32.0 Å².